The number of aromatic nitrogens is 2. The molecule has 2 heterocycles. The predicted molar refractivity (Wildman–Crippen MR) is 84.5 cm³/mol. The van der Waals surface area contributed by atoms with Crippen molar-refractivity contribution in [3.63, 3.8) is 0 Å². The summed E-state index contributed by atoms with van der Waals surface area (Å²) in [6.07, 6.45) is 2.20. The van der Waals surface area contributed by atoms with Crippen LogP contribution in [0.25, 0.3) is 0 Å². The van der Waals surface area contributed by atoms with Crippen molar-refractivity contribution < 1.29 is 18.9 Å². The smallest absolute Gasteiger partial charge is 0.383 e. The van der Waals surface area contributed by atoms with Crippen LogP contribution in [0, 0.1) is 6.92 Å². The first-order chi connectivity index (χ1) is 10.3. The molecule has 0 spiro atoms. The summed E-state index contributed by atoms with van der Waals surface area (Å²) < 4.78 is 15.2. The molecule has 0 fully saturated rings. The number of allylic oxidation sites excluding steroid dienone is 1. The number of rotatable bonds is 6. The summed E-state index contributed by atoms with van der Waals surface area (Å²) in [7, 11) is -4.40. The summed E-state index contributed by atoms with van der Waals surface area (Å²) in [5.74, 6) is 1.87. The quantitative estimate of drug-likeness (QED) is 0.659. The first kappa shape index (κ1) is 17.2. The van der Waals surface area contributed by atoms with E-state index in [4.69, 9.17) is 15.5 Å². The minimum absolute atomic E-state index is 0.00638. The van der Waals surface area contributed by atoms with Gasteiger partial charge in [0.2, 0.25) is 0 Å². The van der Waals surface area contributed by atoms with Crippen LogP contribution in [0.2, 0.25) is 0 Å². The van der Waals surface area contributed by atoms with Gasteiger partial charge in [0.1, 0.15) is 11.6 Å². The summed E-state index contributed by atoms with van der Waals surface area (Å²) in [6.45, 7) is 4.36. The van der Waals surface area contributed by atoms with E-state index < -0.39 is 7.82 Å². The molecule has 1 aromatic heterocycles. The number of aryl methyl sites for hydroxylation is 1. The van der Waals surface area contributed by atoms with Gasteiger partial charge in [-0.15, -0.1) is 11.8 Å². The molecule has 122 valence electrons. The van der Waals surface area contributed by atoms with Crippen LogP contribution < -0.4 is 5.73 Å². The highest BCUT2D eigenvalue weighted by molar-refractivity contribution is 8.03. The van der Waals surface area contributed by atoms with E-state index in [1.54, 1.807) is 24.9 Å². The van der Waals surface area contributed by atoms with E-state index in [2.05, 4.69) is 19.4 Å². The van der Waals surface area contributed by atoms with Crippen molar-refractivity contribution in [1.29, 1.82) is 0 Å². The lowest BCUT2D eigenvalue weighted by Crippen LogP contribution is -2.18. The predicted octanol–water partition coefficient (Wildman–Crippen LogP) is 1.60. The van der Waals surface area contributed by atoms with Crippen LogP contribution >= 0.6 is 19.6 Å². The largest absolute Gasteiger partial charge is 0.469 e. The van der Waals surface area contributed by atoms with Gasteiger partial charge in [0.05, 0.1) is 12.5 Å². The maximum Gasteiger partial charge on any atom is 0.469 e. The first-order valence-corrected chi connectivity index (χ1v) is 9.13. The fourth-order valence-corrected chi connectivity index (χ4v) is 3.54. The zero-order valence-electron chi connectivity index (χ0n) is 12.4. The van der Waals surface area contributed by atoms with Crippen molar-refractivity contribution in [2.24, 2.45) is 0 Å². The lowest BCUT2D eigenvalue weighted by Gasteiger charge is -2.19. The van der Waals surface area contributed by atoms with Crippen molar-refractivity contribution >= 4 is 25.4 Å². The highest BCUT2D eigenvalue weighted by atomic mass is 32.2. The number of hydrogen-bond acceptors (Lipinski definition) is 7. The molecule has 0 unspecified atom stereocenters. The van der Waals surface area contributed by atoms with E-state index in [9.17, 15) is 4.57 Å². The number of thioether (sulfide) groups is 1. The lowest BCUT2D eigenvalue weighted by atomic mass is 10.2. The number of hydrogen-bond donors (Lipinski definition) is 3. The number of nitrogens with two attached hydrogens (primary N) is 1. The molecule has 0 atom stereocenters. The molecule has 0 aromatic carbocycles. The van der Waals surface area contributed by atoms with Gasteiger partial charge in [0, 0.05) is 35.3 Å². The number of phosphoric ester groups is 1. The van der Waals surface area contributed by atoms with Crippen molar-refractivity contribution in [2.45, 2.75) is 26.8 Å². The van der Waals surface area contributed by atoms with E-state index in [0.717, 1.165) is 22.0 Å². The standard InChI is InChI=1S/C12H19N4O4PS/c1-8-11(3-4-20-21(17,18)19)22-7-16(8)6-10-5-14-9(2)15-12(10)13/h5H,3-4,6-7H2,1-2H3,(H2,13,14,15)(H2,17,18,19). The Balaban J connectivity index is 1.97. The monoisotopic (exact) mass is 346 g/mol. The minimum Gasteiger partial charge on any atom is -0.383 e. The van der Waals surface area contributed by atoms with Crippen LogP contribution in [0.4, 0.5) is 5.82 Å². The molecule has 0 saturated heterocycles. The summed E-state index contributed by atoms with van der Waals surface area (Å²) in [6, 6.07) is 0. The molecule has 8 nitrogen and oxygen atoms in total. The Morgan fingerprint density at radius 3 is 2.86 bits per heavy atom. The lowest BCUT2D eigenvalue weighted by molar-refractivity contribution is 0.199. The number of nitrogen functional groups attached to an aromatic ring is 1. The average molecular weight is 346 g/mol. The Hall–Kier alpha value is -1.12. The molecule has 0 radical (unpaired) electrons. The van der Waals surface area contributed by atoms with Crippen molar-refractivity contribution in [3.8, 4) is 0 Å². The van der Waals surface area contributed by atoms with Crippen molar-refractivity contribution in [1.82, 2.24) is 14.9 Å². The molecule has 1 aromatic rings. The van der Waals surface area contributed by atoms with Crippen LogP contribution in [0.5, 0.6) is 0 Å². The molecule has 22 heavy (non-hydrogen) atoms. The SMILES string of the molecule is CC1=C(CCOP(=O)(O)O)SCN1Cc1cnc(C)nc1N. The van der Waals surface area contributed by atoms with Crippen molar-refractivity contribution in [3.05, 3.63) is 28.2 Å². The molecule has 0 aliphatic carbocycles. The van der Waals surface area contributed by atoms with Crippen LogP contribution in [0.1, 0.15) is 24.7 Å². The van der Waals surface area contributed by atoms with Crippen molar-refractivity contribution in [2.75, 3.05) is 18.2 Å². The number of anilines is 1. The van der Waals surface area contributed by atoms with Crippen LogP contribution in [-0.2, 0) is 15.6 Å². The molecule has 2 rings (SSSR count). The third-order valence-corrected chi connectivity index (χ3v) is 5.05. The third kappa shape index (κ3) is 4.69. The normalized spacial score (nSPS) is 15.7. The fraction of sp³-hybridized carbons (Fsp3) is 0.500. The topological polar surface area (TPSA) is 122 Å². The van der Waals surface area contributed by atoms with Crippen LogP contribution in [-0.4, -0.2) is 37.1 Å². The average Bonchev–Trinajstić information content (AvgIpc) is 2.73. The summed E-state index contributed by atoms with van der Waals surface area (Å²) >= 11 is 1.63. The van der Waals surface area contributed by atoms with Gasteiger partial charge in [0.25, 0.3) is 0 Å². The zero-order valence-corrected chi connectivity index (χ0v) is 14.1. The highest BCUT2D eigenvalue weighted by Gasteiger charge is 2.22. The van der Waals surface area contributed by atoms with Gasteiger partial charge >= 0.3 is 7.82 Å². The number of phosphoric acid groups is 1. The molecule has 4 N–H and O–H groups in total. The second-order valence-corrected chi connectivity index (χ2v) is 7.16. The van der Waals surface area contributed by atoms with Gasteiger partial charge in [-0.3, -0.25) is 4.52 Å². The van der Waals surface area contributed by atoms with E-state index in [1.807, 2.05) is 6.92 Å². The second kappa shape index (κ2) is 6.97. The molecule has 1 aliphatic rings. The van der Waals surface area contributed by atoms with E-state index in [-0.39, 0.29) is 6.61 Å². The summed E-state index contributed by atoms with van der Waals surface area (Å²) in [5.41, 5.74) is 7.81. The van der Waals surface area contributed by atoms with E-state index in [1.165, 1.54) is 0 Å². The minimum atomic E-state index is -4.40. The fourth-order valence-electron chi connectivity index (χ4n) is 2.05. The molecule has 0 amide bonds. The zero-order chi connectivity index (χ0) is 16.3. The Kier molecular flexibility index (Phi) is 5.46. The molecule has 0 bridgehead atoms. The van der Waals surface area contributed by atoms with Gasteiger partial charge in [0.15, 0.2) is 0 Å². The second-order valence-electron chi connectivity index (χ2n) is 4.88. The van der Waals surface area contributed by atoms with Crippen LogP contribution in [0.3, 0.4) is 0 Å². The number of nitrogens with zero attached hydrogens (tertiary/aromatic N) is 3. The Morgan fingerprint density at radius 1 is 1.50 bits per heavy atom. The molecule has 1 aliphatic heterocycles. The van der Waals surface area contributed by atoms with Crippen LogP contribution in [0.15, 0.2) is 16.8 Å². The Bertz CT molecular complexity index is 634. The Labute approximate surface area is 133 Å². The van der Waals surface area contributed by atoms with Gasteiger partial charge in [-0.1, -0.05) is 0 Å². The highest BCUT2D eigenvalue weighted by Crippen LogP contribution is 2.39. The van der Waals surface area contributed by atoms with Gasteiger partial charge in [-0.05, 0) is 13.8 Å². The molecular formula is C12H19N4O4PS. The molecule has 10 heteroatoms. The summed E-state index contributed by atoms with van der Waals surface area (Å²) in [5, 5.41) is 0. The molecule has 0 saturated carbocycles. The van der Waals surface area contributed by atoms with Gasteiger partial charge in [-0.25, -0.2) is 14.5 Å². The van der Waals surface area contributed by atoms with Gasteiger partial charge < -0.3 is 20.4 Å². The maximum atomic E-state index is 10.7. The first-order valence-electron chi connectivity index (χ1n) is 6.62. The third-order valence-electron chi connectivity index (χ3n) is 3.24. The van der Waals surface area contributed by atoms with Gasteiger partial charge in [-0.2, -0.15) is 0 Å². The molecular weight excluding hydrogens is 327 g/mol. The maximum absolute atomic E-state index is 10.7. The Morgan fingerprint density at radius 2 is 2.23 bits per heavy atom. The van der Waals surface area contributed by atoms with E-state index in [0.29, 0.717) is 24.6 Å². The summed E-state index contributed by atoms with van der Waals surface area (Å²) in [4.78, 5) is 28.9. The van der Waals surface area contributed by atoms with E-state index >= 15 is 0 Å².